The lowest BCUT2D eigenvalue weighted by atomic mass is 10.0. The van der Waals surface area contributed by atoms with E-state index in [1.807, 2.05) is 12.1 Å². The molecule has 0 spiro atoms. The summed E-state index contributed by atoms with van der Waals surface area (Å²) in [6, 6.07) is 8.25. The van der Waals surface area contributed by atoms with Crippen molar-refractivity contribution in [2.45, 2.75) is 32.7 Å². The Morgan fingerprint density at radius 1 is 1.30 bits per heavy atom. The van der Waals surface area contributed by atoms with E-state index in [4.69, 9.17) is 0 Å². The van der Waals surface area contributed by atoms with Gasteiger partial charge < -0.3 is 10.2 Å². The number of urea groups is 1. The van der Waals surface area contributed by atoms with Crippen LogP contribution >= 0.6 is 0 Å². The molecule has 1 aromatic heterocycles. The number of likely N-dealkylation sites (N-methyl/N-ethyl adjacent to an activating group) is 1. The van der Waals surface area contributed by atoms with Crippen LogP contribution in [0.25, 0.3) is 0 Å². The fourth-order valence-electron chi connectivity index (χ4n) is 2.22. The number of hydrogen-bond donors (Lipinski definition) is 1. The number of benzene rings is 1. The molecule has 122 valence electrons. The number of hydrogen-bond acceptors (Lipinski definition) is 3. The van der Waals surface area contributed by atoms with Crippen molar-refractivity contribution in [3.8, 4) is 0 Å². The van der Waals surface area contributed by atoms with Crippen LogP contribution in [0.4, 0.5) is 4.79 Å². The topological polar surface area (TPSA) is 58.1 Å². The van der Waals surface area contributed by atoms with Crippen molar-refractivity contribution in [3.05, 3.63) is 59.7 Å². The Balaban J connectivity index is 1.81. The van der Waals surface area contributed by atoms with Crippen LogP contribution in [0.3, 0.4) is 0 Å². The summed E-state index contributed by atoms with van der Waals surface area (Å²) in [5.41, 5.74) is 3.29. The molecule has 0 aliphatic heterocycles. The van der Waals surface area contributed by atoms with Gasteiger partial charge in [0, 0.05) is 45.1 Å². The Morgan fingerprint density at radius 2 is 2.13 bits per heavy atom. The predicted molar refractivity (Wildman–Crippen MR) is 91.1 cm³/mol. The number of nitrogens with zero attached hydrogens (tertiary/aromatic N) is 3. The molecule has 0 fully saturated rings. The maximum absolute atomic E-state index is 12.1. The van der Waals surface area contributed by atoms with Crippen LogP contribution in [0.1, 0.15) is 36.6 Å². The van der Waals surface area contributed by atoms with Crippen LogP contribution < -0.4 is 5.32 Å². The number of aromatic nitrogens is 2. The highest BCUT2D eigenvalue weighted by atomic mass is 16.2. The molecule has 0 saturated heterocycles. The molecule has 1 heterocycles. The van der Waals surface area contributed by atoms with E-state index in [1.54, 1.807) is 30.5 Å². The van der Waals surface area contributed by atoms with Crippen LogP contribution in [-0.4, -0.2) is 34.5 Å². The van der Waals surface area contributed by atoms with E-state index in [1.165, 1.54) is 5.56 Å². The van der Waals surface area contributed by atoms with Gasteiger partial charge in [-0.05, 0) is 17.0 Å². The Bertz CT molecular complexity index is 628. The lowest BCUT2D eigenvalue weighted by Crippen LogP contribution is -2.38. The molecule has 2 aromatic rings. The molecule has 2 amide bonds. The molecular weight excluding hydrogens is 288 g/mol. The van der Waals surface area contributed by atoms with Gasteiger partial charge in [-0.1, -0.05) is 38.1 Å². The molecule has 0 unspecified atom stereocenters. The summed E-state index contributed by atoms with van der Waals surface area (Å²) >= 11 is 0. The van der Waals surface area contributed by atoms with Gasteiger partial charge in [-0.15, -0.1) is 0 Å². The van der Waals surface area contributed by atoms with Crippen LogP contribution in [0.15, 0.2) is 42.9 Å². The molecule has 1 aromatic carbocycles. The highest BCUT2D eigenvalue weighted by Gasteiger charge is 2.09. The van der Waals surface area contributed by atoms with E-state index in [2.05, 4.69) is 41.3 Å². The molecule has 0 atom stereocenters. The first kappa shape index (κ1) is 16.9. The first-order chi connectivity index (χ1) is 11.1. The predicted octanol–water partition coefficient (Wildman–Crippen LogP) is 2.98. The summed E-state index contributed by atoms with van der Waals surface area (Å²) in [6.07, 6.45) is 5.73. The second-order valence-electron chi connectivity index (χ2n) is 5.93. The fraction of sp³-hybridized carbons (Fsp3) is 0.389. The number of carbonyl (C=O) groups is 1. The van der Waals surface area contributed by atoms with E-state index >= 15 is 0 Å². The SMILES string of the molecule is CC(C)c1cccc(CNC(=O)N(C)CCc2cnccn2)c1. The van der Waals surface area contributed by atoms with Gasteiger partial charge in [0.1, 0.15) is 0 Å². The largest absolute Gasteiger partial charge is 0.334 e. The Hall–Kier alpha value is -2.43. The van der Waals surface area contributed by atoms with Gasteiger partial charge in [-0.25, -0.2) is 4.79 Å². The van der Waals surface area contributed by atoms with Crippen LogP contribution in [0.2, 0.25) is 0 Å². The Kier molecular flexibility index (Phi) is 6.09. The average Bonchev–Trinajstić information content (AvgIpc) is 2.58. The normalized spacial score (nSPS) is 10.6. The quantitative estimate of drug-likeness (QED) is 0.892. The first-order valence-corrected chi connectivity index (χ1v) is 7.89. The molecule has 0 bridgehead atoms. The first-order valence-electron chi connectivity index (χ1n) is 7.89. The number of carbonyl (C=O) groups excluding carboxylic acids is 1. The third kappa shape index (κ3) is 5.36. The third-order valence-corrected chi connectivity index (χ3v) is 3.73. The van der Waals surface area contributed by atoms with Gasteiger partial charge in [0.25, 0.3) is 0 Å². The molecule has 1 N–H and O–H groups in total. The summed E-state index contributed by atoms with van der Waals surface area (Å²) in [5.74, 6) is 0.486. The molecule has 5 nitrogen and oxygen atoms in total. The lowest BCUT2D eigenvalue weighted by molar-refractivity contribution is 0.209. The summed E-state index contributed by atoms with van der Waals surface area (Å²) in [5, 5.41) is 2.95. The van der Waals surface area contributed by atoms with Gasteiger partial charge in [0.2, 0.25) is 0 Å². The minimum absolute atomic E-state index is 0.0798. The van der Waals surface area contributed by atoms with E-state index in [9.17, 15) is 4.79 Å². The molecule has 0 aliphatic carbocycles. The molecule has 2 rings (SSSR count). The second kappa shape index (κ2) is 8.27. The number of amides is 2. The maximum atomic E-state index is 12.1. The smallest absolute Gasteiger partial charge is 0.317 e. The van der Waals surface area contributed by atoms with Crippen LogP contribution in [-0.2, 0) is 13.0 Å². The minimum Gasteiger partial charge on any atom is -0.334 e. The average molecular weight is 312 g/mol. The zero-order valence-electron chi connectivity index (χ0n) is 14.0. The molecule has 5 heteroatoms. The molecule has 0 saturated carbocycles. The lowest BCUT2D eigenvalue weighted by Gasteiger charge is -2.18. The van der Waals surface area contributed by atoms with Gasteiger partial charge in [0.05, 0.1) is 5.69 Å². The fourth-order valence-corrected chi connectivity index (χ4v) is 2.22. The second-order valence-corrected chi connectivity index (χ2v) is 5.93. The maximum Gasteiger partial charge on any atom is 0.317 e. The van der Waals surface area contributed by atoms with Crippen LogP contribution in [0, 0.1) is 0 Å². The Morgan fingerprint density at radius 3 is 2.83 bits per heavy atom. The number of nitrogens with one attached hydrogen (secondary N) is 1. The van der Waals surface area contributed by atoms with E-state index < -0.39 is 0 Å². The molecule has 0 aliphatic rings. The zero-order valence-corrected chi connectivity index (χ0v) is 14.0. The monoisotopic (exact) mass is 312 g/mol. The van der Waals surface area contributed by atoms with Crippen molar-refractivity contribution in [2.24, 2.45) is 0 Å². The van der Waals surface area contributed by atoms with E-state index in [-0.39, 0.29) is 6.03 Å². The Labute approximate surface area is 137 Å². The van der Waals surface area contributed by atoms with E-state index in [0.717, 1.165) is 11.3 Å². The van der Waals surface area contributed by atoms with Gasteiger partial charge in [-0.2, -0.15) is 0 Å². The molecule has 0 radical (unpaired) electrons. The van der Waals surface area contributed by atoms with E-state index in [0.29, 0.717) is 25.4 Å². The summed E-state index contributed by atoms with van der Waals surface area (Å²) in [7, 11) is 1.79. The molecule has 23 heavy (non-hydrogen) atoms. The third-order valence-electron chi connectivity index (χ3n) is 3.73. The van der Waals surface area contributed by atoms with Crippen LogP contribution in [0.5, 0.6) is 0 Å². The van der Waals surface area contributed by atoms with Crippen molar-refractivity contribution in [1.82, 2.24) is 20.2 Å². The molecular formula is C18H24N4O. The van der Waals surface area contributed by atoms with Gasteiger partial charge >= 0.3 is 6.03 Å². The summed E-state index contributed by atoms with van der Waals surface area (Å²) in [6.45, 7) is 5.47. The van der Waals surface area contributed by atoms with Gasteiger partial charge in [0.15, 0.2) is 0 Å². The highest BCUT2D eigenvalue weighted by Crippen LogP contribution is 2.15. The standard InChI is InChI=1S/C18H24N4O/c1-14(2)16-6-4-5-15(11-16)12-21-18(23)22(3)10-7-17-13-19-8-9-20-17/h4-6,8-9,11,13-14H,7,10,12H2,1-3H3,(H,21,23). The summed E-state index contributed by atoms with van der Waals surface area (Å²) < 4.78 is 0. The van der Waals surface area contributed by atoms with Crippen molar-refractivity contribution >= 4 is 6.03 Å². The van der Waals surface area contributed by atoms with Crippen molar-refractivity contribution < 1.29 is 4.79 Å². The van der Waals surface area contributed by atoms with Crippen molar-refractivity contribution in [1.29, 1.82) is 0 Å². The van der Waals surface area contributed by atoms with Gasteiger partial charge in [-0.3, -0.25) is 9.97 Å². The van der Waals surface area contributed by atoms with Crippen molar-refractivity contribution in [3.63, 3.8) is 0 Å². The number of rotatable bonds is 6. The zero-order chi connectivity index (χ0) is 16.7. The minimum atomic E-state index is -0.0798. The highest BCUT2D eigenvalue weighted by molar-refractivity contribution is 5.73. The summed E-state index contributed by atoms with van der Waals surface area (Å²) in [4.78, 5) is 22.0. The van der Waals surface area contributed by atoms with Crippen molar-refractivity contribution in [2.75, 3.05) is 13.6 Å².